The first kappa shape index (κ1) is 17.2. The lowest BCUT2D eigenvalue weighted by Crippen LogP contribution is -2.53. The van der Waals surface area contributed by atoms with Crippen LogP contribution in [0.3, 0.4) is 0 Å². The lowest BCUT2D eigenvalue weighted by atomic mass is 10.0. The normalized spacial score (nSPS) is 14.3. The van der Waals surface area contributed by atoms with Gasteiger partial charge in [-0.25, -0.2) is 0 Å². The van der Waals surface area contributed by atoms with Crippen LogP contribution in [0.2, 0.25) is 0 Å². The highest BCUT2D eigenvalue weighted by Crippen LogP contribution is 2.18. The van der Waals surface area contributed by atoms with Crippen molar-refractivity contribution < 1.29 is 22.8 Å². The number of benzene rings is 1. The van der Waals surface area contributed by atoms with Crippen molar-refractivity contribution in [2.45, 2.75) is 38.0 Å². The minimum absolute atomic E-state index is 0.132. The number of hydrogen-bond donors (Lipinski definition) is 2. The standard InChI is InChI=1S/C14H17F3N2O2/c1-9(19-13(21)12(18)14(15,16)17)11(20)8-7-10-5-3-2-4-6-10/h2-6,9,12H,7-8,18H2,1H3,(H,19,21)/t9-,12?/m0/s1. The van der Waals surface area contributed by atoms with Gasteiger partial charge in [0.05, 0.1) is 6.04 Å². The van der Waals surface area contributed by atoms with Crippen molar-refractivity contribution in [3.05, 3.63) is 35.9 Å². The second-order valence-electron chi connectivity index (χ2n) is 4.70. The van der Waals surface area contributed by atoms with Crippen molar-refractivity contribution in [1.82, 2.24) is 5.32 Å². The fourth-order valence-corrected chi connectivity index (χ4v) is 1.66. The maximum Gasteiger partial charge on any atom is 0.412 e. The zero-order valence-corrected chi connectivity index (χ0v) is 11.5. The van der Waals surface area contributed by atoms with Gasteiger partial charge in [-0.1, -0.05) is 30.3 Å². The maximum absolute atomic E-state index is 12.2. The number of amides is 1. The number of nitrogens with two attached hydrogens (primary N) is 1. The minimum Gasteiger partial charge on any atom is -0.345 e. The molecule has 0 aliphatic carbocycles. The molecule has 3 N–H and O–H groups in total. The second-order valence-corrected chi connectivity index (χ2v) is 4.70. The van der Waals surface area contributed by atoms with Gasteiger partial charge in [0.25, 0.3) is 0 Å². The molecular weight excluding hydrogens is 285 g/mol. The number of halogens is 3. The average molecular weight is 302 g/mol. The maximum atomic E-state index is 12.2. The Morgan fingerprint density at radius 3 is 2.33 bits per heavy atom. The molecule has 1 rings (SSSR count). The van der Waals surface area contributed by atoms with E-state index in [0.717, 1.165) is 5.56 Å². The van der Waals surface area contributed by atoms with Gasteiger partial charge >= 0.3 is 6.18 Å². The molecule has 1 unspecified atom stereocenters. The zero-order chi connectivity index (χ0) is 16.0. The first-order valence-corrected chi connectivity index (χ1v) is 6.41. The summed E-state index contributed by atoms with van der Waals surface area (Å²) < 4.78 is 36.7. The molecule has 0 heterocycles. The van der Waals surface area contributed by atoms with E-state index in [9.17, 15) is 22.8 Å². The van der Waals surface area contributed by atoms with Crippen LogP contribution < -0.4 is 11.1 Å². The van der Waals surface area contributed by atoms with Gasteiger partial charge in [0.15, 0.2) is 11.8 Å². The van der Waals surface area contributed by atoms with Gasteiger partial charge in [-0.15, -0.1) is 0 Å². The Morgan fingerprint density at radius 1 is 1.24 bits per heavy atom. The van der Waals surface area contributed by atoms with Crippen molar-refractivity contribution in [2.75, 3.05) is 0 Å². The Labute approximate surface area is 120 Å². The molecule has 2 atom stereocenters. The number of hydrogen-bond acceptors (Lipinski definition) is 3. The van der Waals surface area contributed by atoms with Gasteiger partial charge in [-0.3, -0.25) is 9.59 Å². The van der Waals surface area contributed by atoms with Crippen molar-refractivity contribution in [3.63, 3.8) is 0 Å². The average Bonchev–Trinajstić information content (AvgIpc) is 2.43. The molecule has 0 saturated carbocycles. The van der Waals surface area contributed by atoms with Gasteiger partial charge in [-0.2, -0.15) is 13.2 Å². The number of carbonyl (C=O) groups excluding carboxylic acids is 2. The number of aryl methyl sites for hydroxylation is 1. The molecule has 1 aromatic rings. The van der Waals surface area contributed by atoms with Crippen LogP contribution in [-0.4, -0.2) is 30.0 Å². The summed E-state index contributed by atoms with van der Waals surface area (Å²) in [7, 11) is 0. The zero-order valence-electron chi connectivity index (χ0n) is 11.5. The molecule has 0 radical (unpaired) electrons. The van der Waals surface area contributed by atoms with Crippen LogP contribution in [0.15, 0.2) is 30.3 Å². The molecule has 4 nitrogen and oxygen atoms in total. The van der Waals surface area contributed by atoms with E-state index in [2.05, 4.69) is 0 Å². The summed E-state index contributed by atoms with van der Waals surface area (Å²) in [5.41, 5.74) is 5.70. The Balaban J connectivity index is 2.46. The summed E-state index contributed by atoms with van der Waals surface area (Å²) in [6, 6.07) is 5.55. The van der Waals surface area contributed by atoms with E-state index in [1.165, 1.54) is 6.92 Å². The minimum atomic E-state index is -4.82. The predicted molar refractivity (Wildman–Crippen MR) is 71.4 cm³/mol. The van der Waals surface area contributed by atoms with Crippen molar-refractivity contribution in [3.8, 4) is 0 Å². The first-order valence-electron chi connectivity index (χ1n) is 6.41. The number of Topliss-reactive ketones (excluding diaryl/α,β-unsaturated/α-hetero) is 1. The molecule has 0 aliphatic rings. The third-order valence-corrected chi connectivity index (χ3v) is 2.98. The Bertz CT molecular complexity index is 489. The van der Waals surface area contributed by atoms with E-state index in [1.54, 1.807) is 0 Å². The van der Waals surface area contributed by atoms with E-state index in [1.807, 2.05) is 35.6 Å². The summed E-state index contributed by atoms with van der Waals surface area (Å²) in [4.78, 5) is 23.1. The SMILES string of the molecule is C[C@H](NC(=O)C(N)C(F)(F)F)C(=O)CCc1ccccc1. The largest absolute Gasteiger partial charge is 0.412 e. The van der Waals surface area contributed by atoms with Crippen LogP contribution in [0.25, 0.3) is 0 Å². The van der Waals surface area contributed by atoms with E-state index >= 15 is 0 Å². The predicted octanol–water partition coefficient (Wildman–Crippen LogP) is 1.58. The molecule has 7 heteroatoms. The van der Waals surface area contributed by atoms with Gasteiger partial charge in [0.2, 0.25) is 5.91 Å². The van der Waals surface area contributed by atoms with Crippen molar-refractivity contribution in [1.29, 1.82) is 0 Å². The molecule has 0 aliphatic heterocycles. The highest BCUT2D eigenvalue weighted by atomic mass is 19.4. The fourth-order valence-electron chi connectivity index (χ4n) is 1.66. The van der Waals surface area contributed by atoms with E-state index in [4.69, 9.17) is 5.73 Å². The van der Waals surface area contributed by atoms with Crippen molar-refractivity contribution >= 4 is 11.7 Å². The third-order valence-electron chi connectivity index (χ3n) is 2.98. The summed E-state index contributed by atoms with van der Waals surface area (Å²) in [5, 5.41) is 1.99. The number of alkyl halides is 3. The van der Waals surface area contributed by atoms with Gasteiger partial charge in [0.1, 0.15) is 0 Å². The molecule has 1 amide bonds. The topological polar surface area (TPSA) is 72.2 Å². The smallest absolute Gasteiger partial charge is 0.345 e. The molecule has 0 fully saturated rings. The summed E-state index contributed by atoms with van der Waals surface area (Å²) in [6.45, 7) is 1.34. The Hall–Kier alpha value is -1.89. The van der Waals surface area contributed by atoms with E-state index < -0.39 is 24.2 Å². The Morgan fingerprint density at radius 2 is 1.81 bits per heavy atom. The first-order chi connectivity index (χ1) is 9.71. The van der Waals surface area contributed by atoms with Crippen LogP contribution in [0, 0.1) is 0 Å². The molecule has 0 bridgehead atoms. The highest BCUT2D eigenvalue weighted by Gasteiger charge is 2.42. The van der Waals surface area contributed by atoms with Gasteiger partial charge < -0.3 is 11.1 Å². The highest BCUT2D eigenvalue weighted by molar-refractivity contribution is 5.90. The van der Waals surface area contributed by atoms with Gasteiger partial charge in [-0.05, 0) is 18.9 Å². The van der Waals surface area contributed by atoms with E-state index in [0.29, 0.717) is 6.42 Å². The molecule has 0 spiro atoms. The fraction of sp³-hybridized carbons (Fsp3) is 0.429. The molecule has 0 saturated heterocycles. The molecular formula is C14H17F3N2O2. The summed E-state index contributed by atoms with van der Waals surface area (Å²) >= 11 is 0. The monoisotopic (exact) mass is 302 g/mol. The van der Waals surface area contributed by atoms with Crippen LogP contribution in [0.4, 0.5) is 13.2 Å². The lowest BCUT2D eigenvalue weighted by molar-refractivity contribution is -0.163. The number of nitrogens with one attached hydrogen (secondary N) is 1. The molecule has 1 aromatic carbocycles. The van der Waals surface area contributed by atoms with Crippen LogP contribution in [-0.2, 0) is 16.0 Å². The Kier molecular flexibility index (Phi) is 5.90. The lowest BCUT2D eigenvalue weighted by Gasteiger charge is -2.18. The summed E-state index contributed by atoms with van der Waals surface area (Å²) in [5.74, 6) is -1.75. The number of rotatable bonds is 6. The molecule has 116 valence electrons. The summed E-state index contributed by atoms with van der Waals surface area (Å²) in [6.07, 6.45) is -4.23. The number of ketones is 1. The molecule has 0 aromatic heterocycles. The second kappa shape index (κ2) is 7.21. The third kappa shape index (κ3) is 5.55. The number of carbonyl (C=O) groups is 2. The van der Waals surface area contributed by atoms with E-state index in [-0.39, 0.29) is 12.2 Å². The molecule has 21 heavy (non-hydrogen) atoms. The van der Waals surface area contributed by atoms with Gasteiger partial charge in [0, 0.05) is 6.42 Å². The van der Waals surface area contributed by atoms with Crippen LogP contribution >= 0.6 is 0 Å². The quantitative estimate of drug-likeness (QED) is 0.838. The van der Waals surface area contributed by atoms with Crippen LogP contribution in [0.5, 0.6) is 0 Å². The van der Waals surface area contributed by atoms with Crippen LogP contribution in [0.1, 0.15) is 18.9 Å². The van der Waals surface area contributed by atoms with Crippen molar-refractivity contribution in [2.24, 2.45) is 5.73 Å².